The van der Waals surface area contributed by atoms with Crippen molar-refractivity contribution in [3.8, 4) is 5.75 Å². The van der Waals surface area contributed by atoms with Gasteiger partial charge in [0, 0.05) is 11.1 Å². The Morgan fingerprint density at radius 1 is 1.16 bits per heavy atom. The fraction of sp³-hybridized carbons (Fsp3) is 0.100. The van der Waals surface area contributed by atoms with Crippen LogP contribution in [0.15, 0.2) is 60.7 Å². The number of carbonyl (C=O) groups is 1. The number of halogens is 1. The molecule has 1 aromatic heterocycles. The Kier molecular flexibility index (Phi) is 5.00. The van der Waals surface area contributed by atoms with Gasteiger partial charge in [-0.3, -0.25) is 4.79 Å². The summed E-state index contributed by atoms with van der Waals surface area (Å²) in [5, 5.41) is 14.2. The molecule has 0 unspecified atom stereocenters. The van der Waals surface area contributed by atoms with Crippen molar-refractivity contribution in [3.63, 3.8) is 0 Å². The van der Waals surface area contributed by atoms with E-state index in [1.807, 2.05) is 37.3 Å². The maximum absolute atomic E-state index is 12.2. The molecule has 0 fully saturated rings. The number of hydrogen-bond donors (Lipinski definition) is 1. The van der Waals surface area contributed by atoms with Crippen molar-refractivity contribution in [2.24, 2.45) is 0 Å². The lowest BCUT2D eigenvalue weighted by Crippen LogP contribution is -2.01. The summed E-state index contributed by atoms with van der Waals surface area (Å²) in [7, 11) is 0. The van der Waals surface area contributed by atoms with Crippen molar-refractivity contribution in [2.75, 3.05) is 0 Å². The Labute approximate surface area is 151 Å². The third-order valence-electron chi connectivity index (χ3n) is 3.84. The van der Waals surface area contributed by atoms with Gasteiger partial charge in [-0.05, 0) is 48.9 Å². The number of rotatable bonds is 5. The minimum atomic E-state index is -0.161. The molecule has 0 radical (unpaired) electrons. The molecule has 2 aromatic carbocycles. The molecule has 5 heteroatoms. The molecule has 0 aliphatic rings. The van der Waals surface area contributed by atoms with Gasteiger partial charge in [0.1, 0.15) is 10.9 Å². The molecule has 0 bridgehead atoms. The quantitative estimate of drug-likeness (QED) is 0.543. The molecule has 3 rings (SSSR count). The topological polar surface area (TPSA) is 55.1 Å². The molecular weight excluding hydrogens is 336 g/mol. The van der Waals surface area contributed by atoms with Gasteiger partial charge in [0.05, 0.1) is 12.2 Å². The van der Waals surface area contributed by atoms with Gasteiger partial charge in [-0.25, -0.2) is 4.68 Å². The first-order valence-electron chi connectivity index (χ1n) is 7.83. The molecule has 0 spiro atoms. The SMILES string of the molecule is Cc1nn(Cc2ccccc2)c(Cl)c1/C=C/C(=O)c1ccc(O)cc1. The van der Waals surface area contributed by atoms with Crippen LogP contribution in [0.5, 0.6) is 5.75 Å². The van der Waals surface area contributed by atoms with Gasteiger partial charge in [0.15, 0.2) is 5.78 Å². The molecule has 0 saturated heterocycles. The van der Waals surface area contributed by atoms with Crippen LogP contribution in [0.3, 0.4) is 0 Å². The first-order chi connectivity index (χ1) is 12.0. The van der Waals surface area contributed by atoms with E-state index in [9.17, 15) is 9.90 Å². The minimum absolute atomic E-state index is 0.126. The lowest BCUT2D eigenvalue weighted by atomic mass is 10.1. The van der Waals surface area contributed by atoms with Gasteiger partial charge in [-0.2, -0.15) is 5.10 Å². The third kappa shape index (κ3) is 3.98. The number of allylic oxidation sites excluding steroid dienone is 1. The summed E-state index contributed by atoms with van der Waals surface area (Å²) in [4.78, 5) is 12.2. The highest BCUT2D eigenvalue weighted by Gasteiger charge is 2.12. The van der Waals surface area contributed by atoms with E-state index in [1.165, 1.54) is 18.2 Å². The first-order valence-corrected chi connectivity index (χ1v) is 8.20. The summed E-state index contributed by atoms with van der Waals surface area (Å²) < 4.78 is 1.72. The molecular formula is C20H17ClN2O2. The van der Waals surface area contributed by atoms with E-state index >= 15 is 0 Å². The minimum Gasteiger partial charge on any atom is -0.508 e. The van der Waals surface area contributed by atoms with E-state index in [4.69, 9.17) is 11.6 Å². The van der Waals surface area contributed by atoms with Crippen LogP contribution in [0.4, 0.5) is 0 Å². The Balaban J connectivity index is 1.80. The van der Waals surface area contributed by atoms with Gasteiger partial charge in [-0.15, -0.1) is 0 Å². The summed E-state index contributed by atoms with van der Waals surface area (Å²) >= 11 is 6.43. The fourth-order valence-corrected chi connectivity index (χ4v) is 2.80. The summed E-state index contributed by atoms with van der Waals surface area (Å²) in [6, 6.07) is 16.0. The predicted octanol–water partition coefficient (Wildman–Crippen LogP) is 4.49. The molecule has 3 aromatic rings. The number of aryl methyl sites for hydroxylation is 1. The molecule has 1 heterocycles. The highest BCUT2D eigenvalue weighted by atomic mass is 35.5. The third-order valence-corrected chi connectivity index (χ3v) is 4.24. The second kappa shape index (κ2) is 7.36. The van der Waals surface area contributed by atoms with Gasteiger partial charge < -0.3 is 5.11 Å². The molecule has 1 N–H and O–H groups in total. The van der Waals surface area contributed by atoms with Crippen LogP contribution in [0.2, 0.25) is 5.15 Å². The number of benzene rings is 2. The van der Waals surface area contributed by atoms with Crippen molar-refractivity contribution in [3.05, 3.63) is 88.2 Å². The number of phenolic OH excluding ortho intramolecular Hbond substituents is 1. The monoisotopic (exact) mass is 352 g/mol. The Morgan fingerprint density at radius 2 is 1.84 bits per heavy atom. The van der Waals surface area contributed by atoms with Gasteiger partial charge in [0.2, 0.25) is 0 Å². The molecule has 0 aliphatic carbocycles. The largest absolute Gasteiger partial charge is 0.508 e. The lowest BCUT2D eigenvalue weighted by Gasteiger charge is -2.03. The second-order valence-electron chi connectivity index (χ2n) is 5.68. The zero-order valence-corrected chi connectivity index (χ0v) is 14.4. The van der Waals surface area contributed by atoms with E-state index in [1.54, 1.807) is 22.9 Å². The molecule has 25 heavy (non-hydrogen) atoms. The van der Waals surface area contributed by atoms with E-state index in [2.05, 4.69) is 5.10 Å². The number of ketones is 1. The highest BCUT2D eigenvalue weighted by Crippen LogP contribution is 2.22. The first kappa shape index (κ1) is 17.0. The summed E-state index contributed by atoms with van der Waals surface area (Å²) in [5.74, 6) is -0.0344. The van der Waals surface area contributed by atoms with Crippen LogP contribution in [-0.4, -0.2) is 20.7 Å². The lowest BCUT2D eigenvalue weighted by molar-refractivity contribution is 0.104. The number of aromatic nitrogens is 2. The van der Waals surface area contributed by atoms with Crippen LogP contribution in [0, 0.1) is 6.92 Å². The number of aromatic hydroxyl groups is 1. The van der Waals surface area contributed by atoms with E-state index < -0.39 is 0 Å². The maximum atomic E-state index is 12.2. The Hall–Kier alpha value is -2.85. The standard InChI is InChI=1S/C20H17ClN2O2/c1-14-18(11-12-19(25)16-7-9-17(24)10-8-16)20(21)23(22-14)13-15-5-3-2-4-6-15/h2-12,24H,13H2,1H3/b12-11+. The normalized spacial score (nSPS) is 11.1. The predicted molar refractivity (Wildman–Crippen MR) is 99.0 cm³/mol. The molecule has 0 aliphatic heterocycles. The van der Waals surface area contributed by atoms with E-state index in [0.29, 0.717) is 17.3 Å². The van der Waals surface area contributed by atoms with Crippen molar-refractivity contribution in [2.45, 2.75) is 13.5 Å². The van der Waals surface area contributed by atoms with Crippen molar-refractivity contribution >= 4 is 23.5 Å². The molecule has 4 nitrogen and oxygen atoms in total. The van der Waals surface area contributed by atoms with Crippen molar-refractivity contribution in [1.29, 1.82) is 0 Å². The van der Waals surface area contributed by atoms with Crippen LogP contribution in [-0.2, 0) is 6.54 Å². The number of carbonyl (C=O) groups excluding carboxylic acids is 1. The maximum Gasteiger partial charge on any atom is 0.185 e. The summed E-state index contributed by atoms with van der Waals surface area (Å²) in [6.45, 7) is 2.43. The zero-order valence-electron chi connectivity index (χ0n) is 13.7. The van der Waals surface area contributed by atoms with Crippen LogP contribution in [0.1, 0.15) is 27.2 Å². The van der Waals surface area contributed by atoms with Gasteiger partial charge in [-0.1, -0.05) is 41.9 Å². The number of hydrogen-bond acceptors (Lipinski definition) is 3. The second-order valence-corrected chi connectivity index (χ2v) is 6.04. The Bertz CT molecular complexity index is 913. The van der Waals surface area contributed by atoms with Crippen LogP contribution < -0.4 is 0 Å². The average molecular weight is 353 g/mol. The van der Waals surface area contributed by atoms with Crippen LogP contribution >= 0.6 is 11.6 Å². The average Bonchev–Trinajstić information content (AvgIpc) is 2.88. The molecule has 0 atom stereocenters. The smallest absolute Gasteiger partial charge is 0.185 e. The summed E-state index contributed by atoms with van der Waals surface area (Å²) in [5.41, 5.74) is 3.09. The fourth-order valence-electron chi connectivity index (χ4n) is 2.50. The Morgan fingerprint density at radius 3 is 2.52 bits per heavy atom. The zero-order chi connectivity index (χ0) is 17.8. The summed E-state index contributed by atoms with van der Waals surface area (Å²) in [6.07, 6.45) is 3.15. The number of phenols is 1. The molecule has 0 amide bonds. The molecule has 126 valence electrons. The highest BCUT2D eigenvalue weighted by molar-refractivity contribution is 6.31. The van der Waals surface area contributed by atoms with E-state index in [-0.39, 0.29) is 11.5 Å². The van der Waals surface area contributed by atoms with Crippen molar-refractivity contribution in [1.82, 2.24) is 9.78 Å². The number of nitrogens with zero attached hydrogens (tertiary/aromatic N) is 2. The van der Waals surface area contributed by atoms with Gasteiger partial charge >= 0.3 is 0 Å². The van der Waals surface area contributed by atoms with E-state index in [0.717, 1.165) is 16.8 Å². The van der Waals surface area contributed by atoms with Gasteiger partial charge in [0.25, 0.3) is 0 Å². The van der Waals surface area contributed by atoms with Crippen molar-refractivity contribution < 1.29 is 9.90 Å². The molecule has 0 saturated carbocycles. The van der Waals surface area contributed by atoms with Crippen LogP contribution in [0.25, 0.3) is 6.08 Å².